The lowest BCUT2D eigenvalue weighted by Crippen LogP contribution is -1.92. The summed E-state index contributed by atoms with van der Waals surface area (Å²) in [5, 5.41) is 10.7. The Morgan fingerprint density at radius 1 is 1.00 bits per heavy atom. The van der Waals surface area contributed by atoms with Gasteiger partial charge in [0.25, 0.3) is 0 Å². The average Bonchev–Trinajstić information content (AvgIpc) is 2.94. The van der Waals surface area contributed by atoms with Crippen LogP contribution in [-0.4, -0.2) is 6.79 Å². The highest BCUT2D eigenvalue weighted by atomic mass is 35.5. The number of benzene rings is 2. The zero-order valence-electron chi connectivity index (χ0n) is 11.1. The van der Waals surface area contributed by atoms with Gasteiger partial charge in [-0.25, -0.2) is 0 Å². The molecule has 22 heavy (non-hydrogen) atoms. The number of rotatable bonds is 2. The number of fused-ring (bicyclic) bond motifs is 1. The third kappa shape index (κ3) is 2.86. The van der Waals surface area contributed by atoms with Crippen LogP contribution in [0.2, 0.25) is 15.1 Å². The molecular weight excluding hydrogens is 345 g/mol. The van der Waals surface area contributed by atoms with Gasteiger partial charge in [0.05, 0.1) is 26.7 Å². The van der Waals surface area contributed by atoms with Gasteiger partial charge in [-0.3, -0.25) is 0 Å². The van der Waals surface area contributed by atoms with E-state index >= 15 is 0 Å². The highest BCUT2D eigenvalue weighted by Gasteiger charge is 2.16. The van der Waals surface area contributed by atoms with Crippen LogP contribution in [-0.2, 0) is 0 Å². The van der Waals surface area contributed by atoms with Crippen molar-refractivity contribution in [3.63, 3.8) is 0 Å². The van der Waals surface area contributed by atoms with Gasteiger partial charge in [-0.15, -0.1) is 0 Å². The van der Waals surface area contributed by atoms with Gasteiger partial charge < -0.3 is 9.47 Å². The second-order valence-electron chi connectivity index (χ2n) is 4.53. The van der Waals surface area contributed by atoms with E-state index in [9.17, 15) is 5.26 Å². The molecule has 1 heterocycles. The van der Waals surface area contributed by atoms with Crippen molar-refractivity contribution in [3.8, 4) is 17.6 Å². The Morgan fingerprint density at radius 2 is 1.73 bits per heavy atom. The Bertz CT molecular complexity index is 825. The largest absolute Gasteiger partial charge is 0.454 e. The zero-order chi connectivity index (χ0) is 15.7. The number of halogens is 3. The Morgan fingerprint density at radius 3 is 2.41 bits per heavy atom. The fourth-order valence-electron chi connectivity index (χ4n) is 2.04. The number of hydrogen-bond donors (Lipinski definition) is 0. The summed E-state index contributed by atoms with van der Waals surface area (Å²) in [4.78, 5) is 0. The molecule has 1 aliphatic heterocycles. The molecule has 0 radical (unpaired) electrons. The summed E-state index contributed by atoms with van der Waals surface area (Å²) in [7, 11) is 0. The minimum atomic E-state index is 0.163. The summed E-state index contributed by atoms with van der Waals surface area (Å²) in [6, 6.07) is 10.5. The molecular formula is C16H8Cl3NO2. The average molecular weight is 353 g/mol. The third-order valence-electron chi connectivity index (χ3n) is 3.14. The van der Waals surface area contributed by atoms with Crippen molar-refractivity contribution in [1.82, 2.24) is 0 Å². The van der Waals surface area contributed by atoms with E-state index in [-0.39, 0.29) is 6.79 Å². The van der Waals surface area contributed by atoms with Crippen molar-refractivity contribution < 1.29 is 9.47 Å². The molecule has 0 saturated heterocycles. The van der Waals surface area contributed by atoms with Crippen LogP contribution in [0.5, 0.6) is 11.5 Å². The van der Waals surface area contributed by atoms with Crippen molar-refractivity contribution in [1.29, 1.82) is 5.26 Å². The van der Waals surface area contributed by atoms with Gasteiger partial charge in [-0.05, 0) is 35.4 Å². The van der Waals surface area contributed by atoms with Crippen LogP contribution >= 0.6 is 34.8 Å². The van der Waals surface area contributed by atoms with E-state index in [0.29, 0.717) is 43.3 Å². The molecule has 2 aromatic rings. The quantitative estimate of drug-likeness (QED) is 0.534. The molecule has 1 aliphatic rings. The summed E-state index contributed by atoms with van der Waals surface area (Å²) < 4.78 is 10.6. The van der Waals surface area contributed by atoms with Crippen LogP contribution in [0.3, 0.4) is 0 Å². The first-order valence-corrected chi connectivity index (χ1v) is 7.38. The van der Waals surface area contributed by atoms with Crippen LogP contribution in [0.25, 0.3) is 11.6 Å². The second-order valence-corrected chi connectivity index (χ2v) is 5.75. The maximum atomic E-state index is 9.39. The summed E-state index contributed by atoms with van der Waals surface area (Å²) >= 11 is 18.1. The lowest BCUT2D eigenvalue weighted by Gasteiger charge is -2.05. The first-order valence-electron chi connectivity index (χ1n) is 6.25. The third-order valence-corrected chi connectivity index (χ3v) is 4.21. The predicted molar refractivity (Wildman–Crippen MR) is 87.5 cm³/mol. The SMILES string of the molecule is N#C/C(=C\c1cc2c(cc1Cl)OCO2)c1ccc(Cl)c(Cl)c1. The van der Waals surface area contributed by atoms with Gasteiger partial charge in [0.1, 0.15) is 0 Å². The topological polar surface area (TPSA) is 42.2 Å². The minimum absolute atomic E-state index is 0.163. The van der Waals surface area contributed by atoms with Gasteiger partial charge in [0, 0.05) is 6.07 Å². The molecule has 0 bridgehead atoms. The van der Waals surface area contributed by atoms with Crippen molar-refractivity contribution in [3.05, 3.63) is 56.5 Å². The molecule has 0 fully saturated rings. The Labute approximate surface area is 142 Å². The fourth-order valence-corrected chi connectivity index (χ4v) is 2.55. The Kier molecular flexibility index (Phi) is 4.17. The molecule has 0 atom stereocenters. The molecule has 6 heteroatoms. The zero-order valence-corrected chi connectivity index (χ0v) is 13.3. The highest BCUT2D eigenvalue weighted by molar-refractivity contribution is 6.42. The van der Waals surface area contributed by atoms with Crippen LogP contribution < -0.4 is 9.47 Å². The number of hydrogen-bond acceptors (Lipinski definition) is 3. The Balaban J connectivity index is 2.05. The minimum Gasteiger partial charge on any atom is -0.454 e. The maximum absolute atomic E-state index is 9.39. The molecule has 0 spiro atoms. The first-order chi connectivity index (χ1) is 10.6. The van der Waals surface area contributed by atoms with E-state index in [1.807, 2.05) is 0 Å². The molecule has 0 saturated carbocycles. The first kappa shape index (κ1) is 15.1. The standard InChI is InChI=1S/C16H8Cl3NO2/c17-12-2-1-9(4-14(12)19)11(7-20)3-10-5-15-16(6-13(10)18)22-8-21-15/h1-6H,8H2/b11-3+. The number of nitriles is 1. The van der Waals surface area contributed by atoms with Crippen LogP contribution in [0.15, 0.2) is 30.3 Å². The summed E-state index contributed by atoms with van der Waals surface area (Å²) in [5.74, 6) is 1.19. The van der Waals surface area contributed by atoms with Crippen molar-refractivity contribution in [2.45, 2.75) is 0 Å². The lowest BCUT2D eigenvalue weighted by atomic mass is 10.0. The van der Waals surface area contributed by atoms with E-state index in [1.54, 1.807) is 36.4 Å². The van der Waals surface area contributed by atoms with Crippen LogP contribution in [0.1, 0.15) is 11.1 Å². The van der Waals surface area contributed by atoms with Gasteiger partial charge in [0.2, 0.25) is 6.79 Å². The van der Waals surface area contributed by atoms with Crippen molar-refractivity contribution in [2.24, 2.45) is 0 Å². The van der Waals surface area contributed by atoms with Crippen molar-refractivity contribution in [2.75, 3.05) is 6.79 Å². The Hall–Kier alpha value is -1.86. The smallest absolute Gasteiger partial charge is 0.231 e. The molecule has 0 unspecified atom stereocenters. The second kappa shape index (κ2) is 6.10. The monoisotopic (exact) mass is 351 g/mol. The molecule has 3 rings (SSSR count). The molecule has 0 aromatic heterocycles. The van der Waals surface area contributed by atoms with Gasteiger partial charge in [-0.1, -0.05) is 40.9 Å². The summed E-state index contributed by atoms with van der Waals surface area (Å²) in [6.45, 7) is 0.163. The van der Waals surface area contributed by atoms with Crippen LogP contribution in [0, 0.1) is 11.3 Å². The number of ether oxygens (including phenoxy) is 2. The normalized spacial score (nSPS) is 13.1. The molecule has 3 nitrogen and oxygen atoms in total. The molecule has 0 amide bonds. The van der Waals surface area contributed by atoms with Crippen LogP contribution in [0.4, 0.5) is 0 Å². The van der Waals surface area contributed by atoms with Gasteiger partial charge >= 0.3 is 0 Å². The van der Waals surface area contributed by atoms with Crippen molar-refractivity contribution >= 4 is 46.5 Å². The predicted octanol–water partition coefficient (Wildman–Crippen LogP) is 5.44. The van der Waals surface area contributed by atoms with Gasteiger partial charge in [-0.2, -0.15) is 5.26 Å². The van der Waals surface area contributed by atoms with Gasteiger partial charge in [0.15, 0.2) is 11.5 Å². The summed E-state index contributed by atoms with van der Waals surface area (Å²) in [6.07, 6.45) is 1.67. The molecule has 110 valence electrons. The molecule has 0 N–H and O–H groups in total. The molecule has 2 aromatic carbocycles. The summed E-state index contributed by atoms with van der Waals surface area (Å²) in [5.41, 5.74) is 1.73. The van der Waals surface area contributed by atoms with E-state index in [4.69, 9.17) is 44.3 Å². The lowest BCUT2D eigenvalue weighted by molar-refractivity contribution is 0.174. The van der Waals surface area contributed by atoms with E-state index < -0.39 is 0 Å². The number of allylic oxidation sites excluding steroid dienone is 1. The van der Waals surface area contributed by atoms with E-state index in [0.717, 1.165) is 0 Å². The highest BCUT2D eigenvalue weighted by Crippen LogP contribution is 2.38. The fraction of sp³-hybridized carbons (Fsp3) is 0.0625. The van der Waals surface area contributed by atoms with E-state index in [1.165, 1.54) is 0 Å². The van der Waals surface area contributed by atoms with E-state index in [2.05, 4.69) is 6.07 Å². The molecule has 0 aliphatic carbocycles. The number of nitrogens with zero attached hydrogens (tertiary/aromatic N) is 1. The maximum Gasteiger partial charge on any atom is 0.231 e.